The standard InChI is InChI=1S/C20H27N3O5S2/c1-19(2)9-13(10-20(3,4)28-19)17(24)23-18-22-11-15(29-18)12-6-7-16(30(21,25)26)14(8-12)27-5/h6-8,11,13H,9-10H2,1-5H3,(H2,21,25,26)(H,22,23,24). The lowest BCUT2D eigenvalue weighted by Crippen LogP contribution is -2.48. The molecule has 164 valence electrons. The van der Waals surface area contributed by atoms with Crippen LogP contribution in [0.25, 0.3) is 10.4 Å². The number of nitrogens with one attached hydrogen (secondary N) is 1. The largest absolute Gasteiger partial charge is 0.495 e. The van der Waals surface area contributed by atoms with Crippen LogP contribution in [0.1, 0.15) is 40.5 Å². The van der Waals surface area contributed by atoms with Crippen LogP contribution in [-0.4, -0.2) is 37.6 Å². The molecule has 1 saturated heterocycles. The summed E-state index contributed by atoms with van der Waals surface area (Å²) in [6, 6.07) is 4.61. The lowest BCUT2D eigenvalue weighted by Gasteiger charge is -2.44. The molecule has 3 rings (SSSR count). The van der Waals surface area contributed by atoms with Crippen molar-refractivity contribution in [2.75, 3.05) is 12.4 Å². The van der Waals surface area contributed by atoms with Crippen LogP contribution in [0.3, 0.4) is 0 Å². The Hall–Kier alpha value is -2.01. The van der Waals surface area contributed by atoms with Crippen LogP contribution in [-0.2, 0) is 19.6 Å². The number of methoxy groups -OCH3 is 1. The molecule has 1 aromatic heterocycles. The van der Waals surface area contributed by atoms with E-state index in [0.717, 1.165) is 4.88 Å². The fraction of sp³-hybridized carbons (Fsp3) is 0.500. The monoisotopic (exact) mass is 453 g/mol. The van der Waals surface area contributed by atoms with Crippen LogP contribution in [0.5, 0.6) is 5.75 Å². The summed E-state index contributed by atoms with van der Waals surface area (Å²) in [5, 5.41) is 8.60. The molecule has 0 saturated carbocycles. The van der Waals surface area contributed by atoms with Gasteiger partial charge < -0.3 is 14.8 Å². The third-order valence-corrected chi connectivity index (χ3v) is 6.80. The predicted octanol–water partition coefficient (Wildman–Crippen LogP) is 3.39. The van der Waals surface area contributed by atoms with Crippen molar-refractivity contribution in [3.8, 4) is 16.2 Å². The van der Waals surface area contributed by atoms with Gasteiger partial charge in [-0.3, -0.25) is 4.79 Å². The van der Waals surface area contributed by atoms with E-state index in [-0.39, 0.29) is 33.7 Å². The van der Waals surface area contributed by atoms with Crippen molar-refractivity contribution < 1.29 is 22.7 Å². The molecule has 0 atom stereocenters. The molecule has 10 heteroatoms. The van der Waals surface area contributed by atoms with Gasteiger partial charge in [0.15, 0.2) is 5.13 Å². The Balaban J connectivity index is 1.78. The van der Waals surface area contributed by atoms with E-state index in [0.29, 0.717) is 23.5 Å². The van der Waals surface area contributed by atoms with Gasteiger partial charge in [0, 0.05) is 12.1 Å². The molecule has 0 bridgehead atoms. The van der Waals surface area contributed by atoms with Crippen LogP contribution in [0.15, 0.2) is 29.3 Å². The first-order chi connectivity index (χ1) is 13.8. The van der Waals surface area contributed by atoms with Gasteiger partial charge in [-0.05, 0) is 58.2 Å². The van der Waals surface area contributed by atoms with Gasteiger partial charge in [-0.15, -0.1) is 0 Å². The summed E-state index contributed by atoms with van der Waals surface area (Å²) in [5.74, 6) is -0.103. The van der Waals surface area contributed by atoms with E-state index in [1.807, 2.05) is 27.7 Å². The second kappa shape index (κ2) is 7.92. The van der Waals surface area contributed by atoms with Crippen molar-refractivity contribution in [2.24, 2.45) is 11.1 Å². The highest BCUT2D eigenvalue weighted by molar-refractivity contribution is 7.89. The number of thiazole rings is 1. The van der Waals surface area contributed by atoms with E-state index in [4.69, 9.17) is 14.6 Å². The Kier molecular flexibility index (Phi) is 5.98. The number of carbonyl (C=O) groups excluding carboxylic acids is 1. The zero-order chi connectivity index (χ0) is 22.3. The minimum absolute atomic E-state index is 0.0810. The molecule has 1 aromatic carbocycles. The van der Waals surface area contributed by atoms with Crippen molar-refractivity contribution in [3.63, 3.8) is 0 Å². The molecule has 8 nitrogen and oxygen atoms in total. The van der Waals surface area contributed by atoms with Gasteiger partial charge in [-0.25, -0.2) is 18.5 Å². The lowest BCUT2D eigenvalue weighted by molar-refractivity contribution is -0.176. The summed E-state index contributed by atoms with van der Waals surface area (Å²) in [6.45, 7) is 7.98. The summed E-state index contributed by atoms with van der Waals surface area (Å²) in [7, 11) is -2.51. The van der Waals surface area contributed by atoms with Crippen molar-refractivity contribution in [1.29, 1.82) is 0 Å². The first kappa shape index (κ1) is 22.7. The number of rotatable bonds is 5. The number of benzene rings is 1. The molecule has 1 aliphatic heterocycles. The fourth-order valence-electron chi connectivity index (χ4n) is 4.00. The minimum atomic E-state index is -3.89. The summed E-state index contributed by atoms with van der Waals surface area (Å²) in [6.07, 6.45) is 2.89. The quantitative estimate of drug-likeness (QED) is 0.716. The zero-order valence-electron chi connectivity index (χ0n) is 17.7. The molecule has 0 radical (unpaired) electrons. The normalized spacial score (nSPS) is 18.7. The number of nitrogens with two attached hydrogens (primary N) is 1. The molecular formula is C20H27N3O5S2. The number of nitrogens with zero attached hydrogens (tertiary/aromatic N) is 1. The van der Waals surface area contributed by atoms with Gasteiger partial charge in [0.1, 0.15) is 10.6 Å². The number of anilines is 1. The number of hydrogen-bond acceptors (Lipinski definition) is 7. The summed E-state index contributed by atoms with van der Waals surface area (Å²) < 4.78 is 34.5. The number of ether oxygens (including phenoxy) is 2. The van der Waals surface area contributed by atoms with Crippen molar-refractivity contribution in [3.05, 3.63) is 24.4 Å². The number of aromatic nitrogens is 1. The molecule has 1 fully saturated rings. The molecule has 2 aromatic rings. The summed E-state index contributed by atoms with van der Waals surface area (Å²) in [5.41, 5.74) is -0.0376. The number of carbonyl (C=O) groups is 1. The predicted molar refractivity (Wildman–Crippen MR) is 116 cm³/mol. The van der Waals surface area contributed by atoms with Gasteiger partial charge in [0.2, 0.25) is 15.9 Å². The molecular weight excluding hydrogens is 426 g/mol. The van der Waals surface area contributed by atoms with Gasteiger partial charge >= 0.3 is 0 Å². The van der Waals surface area contributed by atoms with Crippen LogP contribution in [0, 0.1) is 5.92 Å². The molecule has 0 unspecified atom stereocenters. The Morgan fingerprint density at radius 3 is 2.47 bits per heavy atom. The topological polar surface area (TPSA) is 121 Å². The van der Waals surface area contributed by atoms with Crippen molar-refractivity contribution in [2.45, 2.75) is 56.6 Å². The summed E-state index contributed by atoms with van der Waals surface area (Å²) in [4.78, 5) is 17.8. The third-order valence-electron chi connectivity index (χ3n) is 4.89. The number of primary sulfonamides is 1. The maximum atomic E-state index is 12.8. The highest BCUT2D eigenvalue weighted by Crippen LogP contribution is 2.39. The summed E-state index contributed by atoms with van der Waals surface area (Å²) >= 11 is 1.30. The van der Waals surface area contributed by atoms with E-state index < -0.39 is 10.0 Å². The maximum absolute atomic E-state index is 12.8. The highest BCUT2D eigenvalue weighted by atomic mass is 32.2. The van der Waals surface area contributed by atoms with Gasteiger partial charge in [0.25, 0.3) is 0 Å². The minimum Gasteiger partial charge on any atom is -0.495 e. The molecule has 2 heterocycles. The molecule has 0 spiro atoms. The molecule has 3 N–H and O–H groups in total. The number of amides is 1. The maximum Gasteiger partial charge on any atom is 0.241 e. The Morgan fingerprint density at radius 1 is 1.27 bits per heavy atom. The SMILES string of the molecule is COc1cc(-c2cnc(NC(=O)C3CC(C)(C)OC(C)(C)C3)s2)ccc1S(N)(=O)=O. The van der Waals surface area contributed by atoms with Gasteiger partial charge in [0.05, 0.1) is 23.2 Å². The molecule has 1 amide bonds. The fourth-order valence-corrected chi connectivity index (χ4v) is 5.50. The number of hydrogen-bond donors (Lipinski definition) is 2. The number of sulfonamides is 1. The van der Waals surface area contributed by atoms with E-state index in [2.05, 4.69) is 10.3 Å². The van der Waals surface area contributed by atoms with Crippen LogP contribution in [0.2, 0.25) is 0 Å². The van der Waals surface area contributed by atoms with Crippen LogP contribution < -0.4 is 15.2 Å². The van der Waals surface area contributed by atoms with Crippen molar-refractivity contribution in [1.82, 2.24) is 4.98 Å². The van der Waals surface area contributed by atoms with Crippen LogP contribution in [0.4, 0.5) is 5.13 Å². The Morgan fingerprint density at radius 2 is 1.90 bits per heavy atom. The zero-order valence-corrected chi connectivity index (χ0v) is 19.3. The average Bonchev–Trinajstić information content (AvgIpc) is 3.06. The lowest BCUT2D eigenvalue weighted by atomic mass is 9.80. The Labute approximate surface area is 180 Å². The van der Waals surface area contributed by atoms with Crippen molar-refractivity contribution >= 4 is 32.4 Å². The van der Waals surface area contributed by atoms with Crippen LogP contribution >= 0.6 is 11.3 Å². The van der Waals surface area contributed by atoms with E-state index in [1.54, 1.807) is 18.3 Å². The second-order valence-electron chi connectivity index (χ2n) is 8.66. The Bertz CT molecular complexity index is 1040. The highest BCUT2D eigenvalue weighted by Gasteiger charge is 2.42. The van der Waals surface area contributed by atoms with E-state index in [9.17, 15) is 13.2 Å². The first-order valence-electron chi connectivity index (χ1n) is 9.48. The van der Waals surface area contributed by atoms with Gasteiger partial charge in [-0.2, -0.15) is 0 Å². The first-order valence-corrected chi connectivity index (χ1v) is 11.8. The van der Waals surface area contributed by atoms with Gasteiger partial charge in [-0.1, -0.05) is 17.4 Å². The molecule has 1 aliphatic rings. The average molecular weight is 454 g/mol. The van der Waals surface area contributed by atoms with E-state index >= 15 is 0 Å². The van der Waals surface area contributed by atoms with E-state index in [1.165, 1.54) is 24.5 Å². The molecule has 30 heavy (non-hydrogen) atoms. The molecule has 0 aliphatic carbocycles. The second-order valence-corrected chi connectivity index (χ2v) is 11.2. The smallest absolute Gasteiger partial charge is 0.241 e. The third kappa shape index (κ3) is 5.18.